The second kappa shape index (κ2) is 12.5. The summed E-state index contributed by atoms with van der Waals surface area (Å²) in [4.78, 5) is 17.5. The van der Waals surface area contributed by atoms with Gasteiger partial charge in [0.05, 0.1) is 19.8 Å². The van der Waals surface area contributed by atoms with Gasteiger partial charge in [-0.1, -0.05) is 47.5 Å². The van der Waals surface area contributed by atoms with Gasteiger partial charge in [0.25, 0.3) is 0 Å². The minimum Gasteiger partial charge on any atom is -0.467 e. The molecule has 15 heteroatoms. The van der Waals surface area contributed by atoms with Crippen molar-refractivity contribution in [1.29, 1.82) is 0 Å². The van der Waals surface area contributed by atoms with E-state index in [9.17, 15) is 15.4 Å². The number of esters is 1. The van der Waals surface area contributed by atoms with E-state index in [4.69, 9.17) is 38.7 Å². The molecule has 0 radical (unpaired) electrons. The molecule has 200 valence electrons. The van der Waals surface area contributed by atoms with E-state index in [1.165, 1.54) is 7.11 Å². The van der Waals surface area contributed by atoms with Crippen LogP contribution >= 0.6 is 0 Å². The molecule has 3 aliphatic rings. The van der Waals surface area contributed by atoms with Crippen molar-refractivity contribution >= 4 is 5.97 Å². The summed E-state index contributed by atoms with van der Waals surface area (Å²) in [6.45, 7) is 1.44. The zero-order chi connectivity index (χ0) is 26.4. The van der Waals surface area contributed by atoms with Crippen LogP contribution in [0.2, 0.25) is 0 Å². The minimum absolute atomic E-state index is 0.0768. The first kappa shape index (κ1) is 27.1. The summed E-state index contributed by atoms with van der Waals surface area (Å²) < 4.78 is 40.4. The van der Waals surface area contributed by atoms with E-state index in [1.807, 2.05) is 37.3 Å². The highest BCUT2D eigenvalue weighted by atomic mass is 16.8. The number of hydrogen-bond acceptors (Lipinski definition) is 11. The molecule has 3 fully saturated rings. The van der Waals surface area contributed by atoms with Crippen LogP contribution < -0.4 is 0 Å². The molecule has 3 saturated heterocycles. The van der Waals surface area contributed by atoms with Crippen molar-refractivity contribution in [3.63, 3.8) is 0 Å². The van der Waals surface area contributed by atoms with Crippen LogP contribution in [0.3, 0.4) is 0 Å². The smallest absolute Gasteiger partial charge is 0.331 e. The highest BCUT2D eigenvalue weighted by molar-refractivity contribution is 5.70. The molecule has 3 heterocycles. The van der Waals surface area contributed by atoms with Crippen molar-refractivity contribution in [2.24, 2.45) is 10.2 Å². The van der Waals surface area contributed by atoms with Gasteiger partial charge < -0.3 is 38.3 Å². The number of aliphatic hydroxyl groups is 1. The van der Waals surface area contributed by atoms with Crippen LogP contribution in [-0.4, -0.2) is 86.6 Å². The van der Waals surface area contributed by atoms with E-state index in [0.717, 1.165) is 5.56 Å². The van der Waals surface area contributed by atoms with Crippen LogP contribution in [0.5, 0.6) is 0 Å². The molecule has 10 atom stereocenters. The van der Waals surface area contributed by atoms with Crippen molar-refractivity contribution in [3.05, 3.63) is 56.8 Å². The van der Waals surface area contributed by atoms with Gasteiger partial charge in [0.15, 0.2) is 18.8 Å². The summed E-state index contributed by atoms with van der Waals surface area (Å²) in [6, 6.07) is 8.08. The third-order valence-electron chi connectivity index (χ3n) is 6.35. The van der Waals surface area contributed by atoms with Crippen molar-refractivity contribution in [3.8, 4) is 0 Å². The largest absolute Gasteiger partial charge is 0.467 e. The summed E-state index contributed by atoms with van der Waals surface area (Å²) in [6.07, 6.45) is -8.15. The summed E-state index contributed by atoms with van der Waals surface area (Å²) in [7, 11) is 1.22. The monoisotopic (exact) mass is 520 g/mol. The number of benzene rings is 1. The zero-order valence-electron chi connectivity index (χ0n) is 20.2. The van der Waals surface area contributed by atoms with E-state index in [0.29, 0.717) is 6.42 Å². The molecule has 0 saturated carbocycles. The Bertz CT molecular complexity index is 1020. The fourth-order valence-corrected chi connectivity index (χ4v) is 4.57. The molecule has 0 amide bonds. The molecule has 0 aliphatic carbocycles. The summed E-state index contributed by atoms with van der Waals surface area (Å²) in [5, 5.41) is 18.0. The predicted molar refractivity (Wildman–Crippen MR) is 122 cm³/mol. The van der Waals surface area contributed by atoms with Gasteiger partial charge in [0.2, 0.25) is 0 Å². The topological polar surface area (TPSA) is 199 Å². The van der Waals surface area contributed by atoms with Crippen molar-refractivity contribution in [1.82, 2.24) is 0 Å². The standard InChI is InChI=1S/C22H28N6O9/c1-3-12-17(16(30)20(34-12)26-28-24)36-22-15(25-27-23)19(32-10-14(29)31-2)18-13(35-22)9-33-21(37-18)11-7-5-4-6-8-11/h4-8,12-13,15-22,30H,3,9-10H2,1-2H3/t12-,13?,15?,16-,17?,18-,19-,20?,21?,22?/m1/s1. The minimum atomic E-state index is -1.30. The molecular formula is C22H28N6O9. The van der Waals surface area contributed by atoms with Gasteiger partial charge in [-0.15, -0.1) is 0 Å². The first-order chi connectivity index (χ1) is 18.0. The number of carbonyl (C=O) groups is 1. The number of rotatable bonds is 9. The number of ether oxygens (including phenoxy) is 7. The quantitative estimate of drug-likeness (QED) is 0.219. The molecule has 0 bridgehead atoms. The van der Waals surface area contributed by atoms with E-state index >= 15 is 0 Å². The number of methoxy groups -OCH3 is 1. The van der Waals surface area contributed by atoms with Crippen molar-refractivity contribution < 1.29 is 43.1 Å². The number of fused-ring (bicyclic) bond motifs is 1. The average molecular weight is 520 g/mol. The van der Waals surface area contributed by atoms with Gasteiger partial charge in [-0.3, -0.25) is 0 Å². The number of azide groups is 2. The Kier molecular flexibility index (Phi) is 9.16. The SMILES string of the molecule is CC[C@H]1OC(N=[N+]=[N-])[C@H](O)C1OC1OC2COC(c3ccccc3)O[C@H]2[C@H](OCC(=O)OC)C1N=[N+]=[N-]. The first-order valence-electron chi connectivity index (χ1n) is 11.7. The third kappa shape index (κ3) is 5.96. The Labute approximate surface area is 211 Å². The Morgan fingerprint density at radius 3 is 2.57 bits per heavy atom. The molecule has 37 heavy (non-hydrogen) atoms. The second-order valence-corrected chi connectivity index (χ2v) is 8.54. The Morgan fingerprint density at radius 1 is 1.14 bits per heavy atom. The fourth-order valence-electron chi connectivity index (χ4n) is 4.57. The van der Waals surface area contributed by atoms with E-state index in [2.05, 4.69) is 20.1 Å². The lowest BCUT2D eigenvalue weighted by atomic mass is 9.95. The van der Waals surface area contributed by atoms with Crippen LogP contribution in [0.1, 0.15) is 25.2 Å². The molecule has 1 aromatic rings. The fraction of sp³-hybridized carbons (Fsp3) is 0.682. The summed E-state index contributed by atoms with van der Waals surface area (Å²) in [5.41, 5.74) is 18.9. The van der Waals surface area contributed by atoms with Gasteiger partial charge >= 0.3 is 5.97 Å². The Hall–Kier alpha value is -2.97. The van der Waals surface area contributed by atoms with Gasteiger partial charge in [-0.25, -0.2) is 4.79 Å². The van der Waals surface area contributed by atoms with Gasteiger partial charge in [-0.05, 0) is 17.5 Å². The van der Waals surface area contributed by atoms with Crippen LogP contribution in [0.15, 0.2) is 40.6 Å². The molecule has 1 N–H and O–H groups in total. The number of hydrogen-bond donors (Lipinski definition) is 1. The van der Waals surface area contributed by atoms with E-state index in [-0.39, 0.29) is 6.61 Å². The number of carbonyl (C=O) groups excluding carboxylic acids is 1. The van der Waals surface area contributed by atoms with Crippen molar-refractivity contribution in [2.75, 3.05) is 20.3 Å². The number of aliphatic hydroxyl groups excluding tert-OH is 1. The average Bonchev–Trinajstić information content (AvgIpc) is 3.22. The third-order valence-corrected chi connectivity index (χ3v) is 6.35. The Morgan fingerprint density at radius 2 is 1.89 bits per heavy atom. The van der Waals surface area contributed by atoms with Crippen LogP contribution in [0.4, 0.5) is 0 Å². The highest BCUT2D eigenvalue weighted by Gasteiger charge is 2.53. The molecule has 3 aliphatic heterocycles. The molecule has 0 aromatic heterocycles. The summed E-state index contributed by atoms with van der Waals surface area (Å²) >= 11 is 0. The van der Waals surface area contributed by atoms with Gasteiger partial charge in [0, 0.05) is 15.4 Å². The van der Waals surface area contributed by atoms with Crippen LogP contribution in [0, 0.1) is 0 Å². The number of nitrogens with zero attached hydrogens (tertiary/aromatic N) is 6. The maximum absolute atomic E-state index is 11.9. The first-order valence-corrected chi connectivity index (χ1v) is 11.7. The second-order valence-electron chi connectivity index (χ2n) is 8.54. The molecule has 1 aromatic carbocycles. The lowest BCUT2D eigenvalue weighted by Crippen LogP contribution is -2.63. The molecule has 15 nitrogen and oxygen atoms in total. The predicted octanol–water partition coefficient (Wildman–Crippen LogP) is 2.25. The lowest BCUT2D eigenvalue weighted by Gasteiger charge is -2.48. The maximum atomic E-state index is 11.9. The Balaban J connectivity index is 1.60. The van der Waals surface area contributed by atoms with Gasteiger partial charge in [0.1, 0.15) is 43.2 Å². The molecular weight excluding hydrogens is 492 g/mol. The normalized spacial score (nSPS) is 37.1. The summed E-state index contributed by atoms with van der Waals surface area (Å²) in [5.74, 6) is -0.644. The van der Waals surface area contributed by atoms with E-state index in [1.54, 1.807) is 0 Å². The van der Waals surface area contributed by atoms with Crippen LogP contribution in [0.25, 0.3) is 20.9 Å². The van der Waals surface area contributed by atoms with Crippen LogP contribution in [-0.2, 0) is 38.0 Å². The van der Waals surface area contributed by atoms with Crippen molar-refractivity contribution in [2.45, 2.75) is 74.8 Å². The molecule has 0 spiro atoms. The molecule has 4 rings (SSSR count). The molecule has 6 unspecified atom stereocenters. The lowest BCUT2D eigenvalue weighted by molar-refractivity contribution is -0.353. The maximum Gasteiger partial charge on any atom is 0.331 e. The van der Waals surface area contributed by atoms with Gasteiger partial charge in [-0.2, -0.15) is 0 Å². The zero-order valence-corrected chi connectivity index (χ0v) is 20.2. The highest BCUT2D eigenvalue weighted by Crippen LogP contribution is 2.38. The van der Waals surface area contributed by atoms with E-state index < -0.39 is 74.0 Å².